The van der Waals surface area contributed by atoms with Crippen LogP contribution in [0.25, 0.3) is 22.5 Å². The van der Waals surface area contributed by atoms with Crippen LogP contribution in [0.5, 0.6) is 5.75 Å². The molecule has 0 radical (unpaired) electrons. The summed E-state index contributed by atoms with van der Waals surface area (Å²) in [5.74, 6) is 1.30. The molecular formula is C21H18N4O4S. The van der Waals surface area contributed by atoms with Gasteiger partial charge in [-0.2, -0.15) is 16.7 Å². The van der Waals surface area contributed by atoms with E-state index in [2.05, 4.69) is 20.1 Å². The van der Waals surface area contributed by atoms with E-state index in [1.807, 2.05) is 12.3 Å². The highest BCUT2D eigenvalue weighted by Crippen LogP contribution is 2.27. The van der Waals surface area contributed by atoms with Crippen LogP contribution < -0.4 is 5.63 Å². The van der Waals surface area contributed by atoms with E-state index < -0.39 is 11.7 Å². The zero-order valence-corrected chi connectivity index (χ0v) is 16.9. The molecule has 8 nitrogen and oxygen atoms in total. The van der Waals surface area contributed by atoms with Crippen molar-refractivity contribution < 1.29 is 14.0 Å². The maximum Gasteiger partial charge on any atom is 0.348 e. The lowest BCUT2D eigenvalue weighted by molar-refractivity contribution is 0.354. The quantitative estimate of drug-likeness (QED) is 0.353. The van der Waals surface area contributed by atoms with Gasteiger partial charge in [-0.3, -0.25) is 9.98 Å². The molecule has 0 fully saturated rings. The van der Waals surface area contributed by atoms with Crippen molar-refractivity contribution in [3.63, 3.8) is 0 Å². The fourth-order valence-corrected chi connectivity index (χ4v) is 3.35. The number of aliphatic imine (C=N–C) groups is 1. The minimum absolute atomic E-state index is 0.0210. The summed E-state index contributed by atoms with van der Waals surface area (Å²) < 4.78 is 10.7. The minimum Gasteiger partial charge on any atom is -0.506 e. The number of hydrogen-bond donors (Lipinski definition) is 1. The lowest BCUT2D eigenvalue weighted by atomic mass is 10.1. The Labute approximate surface area is 175 Å². The Morgan fingerprint density at radius 3 is 2.87 bits per heavy atom. The third kappa shape index (κ3) is 4.11. The van der Waals surface area contributed by atoms with Crippen LogP contribution in [0.3, 0.4) is 0 Å². The van der Waals surface area contributed by atoms with Crippen LogP contribution in [0.2, 0.25) is 0 Å². The van der Waals surface area contributed by atoms with Gasteiger partial charge < -0.3 is 14.0 Å². The van der Waals surface area contributed by atoms with Crippen molar-refractivity contribution >= 4 is 28.9 Å². The molecule has 1 N–H and O–H groups in total. The van der Waals surface area contributed by atoms with Gasteiger partial charge in [0.15, 0.2) is 0 Å². The molecule has 9 heteroatoms. The molecule has 0 aliphatic carbocycles. The number of rotatable bonds is 7. The van der Waals surface area contributed by atoms with E-state index >= 15 is 0 Å². The van der Waals surface area contributed by atoms with Gasteiger partial charge >= 0.3 is 5.63 Å². The van der Waals surface area contributed by atoms with E-state index in [4.69, 9.17) is 8.94 Å². The predicted octanol–water partition coefficient (Wildman–Crippen LogP) is 3.86. The molecule has 1 atom stereocenters. The number of para-hydroxylation sites is 1. The van der Waals surface area contributed by atoms with E-state index in [9.17, 15) is 9.90 Å². The van der Waals surface area contributed by atoms with Crippen LogP contribution in [-0.2, 0) is 0 Å². The molecule has 3 aromatic heterocycles. The summed E-state index contributed by atoms with van der Waals surface area (Å²) >= 11 is 1.65. The summed E-state index contributed by atoms with van der Waals surface area (Å²) in [5, 5.41) is 15.0. The molecule has 0 saturated carbocycles. The highest BCUT2D eigenvalue weighted by Gasteiger charge is 2.20. The van der Waals surface area contributed by atoms with Crippen molar-refractivity contribution in [1.29, 1.82) is 0 Å². The van der Waals surface area contributed by atoms with Crippen LogP contribution in [0.4, 0.5) is 0 Å². The Bertz CT molecular complexity index is 1240. The zero-order valence-electron chi connectivity index (χ0n) is 16.1. The average molecular weight is 422 g/mol. The summed E-state index contributed by atoms with van der Waals surface area (Å²) in [6.07, 6.45) is 5.55. The Morgan fingerprint density at radius 1 is 1.23 bits per heavy atom. The second-order valence-electron chi connectivity index (χ2n) is 6.39. The van der Waals surface area contributed by atoms with E-state index in [-0.39, 0.29) is 11.3 Å². The van der Waals surface area contributed by atoms with Crippen LogP contribution in [0.1, 0.15) is 23.9 Å². The van der Waals surface area contributed by atoms with E-state index in [1.165, 1.54) is 6.21 Å². The summed E-state index contributed by atoms with van der Waals surface area (Å²) in [6, 6.07) is 11.7. The number of benzene rings is 1. The van der Waals surface area contributed by atoms with Gasteiger partial charge in [0.25, 0.3) is 5.89 Å². The van der Waals surface area contributed by atoms with Crippen molar-refractivity contribution in [3.05, 3.63) is 70.5 Å². The van der Waals surface area contributed by atoms with Crippen LogP contribution in [-0.4, -0.2) is 38.5 Å². The third-order valence-electron chi connectivity index (χ3n) is 4.42. The minimum atomic E-state index is -0.668. The number of aromatic hydroxyl groups is 1. The van der Waals surface area contributed by atoms with Gasteiger partial charge in [-0.25, -0.2) is 4.79 Å². The van der Waals surface area contributed by atoms with Gasteiger partial charge in [-0.15, -0.1) is 0 Å². The highest BCUT2D eigenvalue weighted by atomic mass is 32.2. The van der Waals surface area contributed by atoms with Crippen LogP contribution >= 0.6 is 11.8 Å². The summed E-state index contributed by atoms with van der Waals surface area (Å²) in [5.41, 5.74) is 0.214. The summed E-state index contributed by atoms with van der Waals surface area (Å²) in [4.78, 5) is 25.4. The highest BCUT2D eigenvalue weighted by molar-refractivity contribution is 7.98. The lowest BCUT2D eigenvalue weighted by Crippen LogP contribution is -2.08. The Morgan fingerprint density at radius 2 is 2.07 bits per heavy atom. The Kier molecular flexibility index (Phi) is 5.89. The first-order valence-corrected chi connectivity index (χ1v) is 10.6. The van der Waals surface area contributed by atoms with Gasteiger partial charge in [0.05, 0.1) is 5.39 Å². The van der Waals surface area contributed by atoms with Crippen LogP contribution in [0.15, 0.2) is 67.4 Å². The molecule has 0 aliphatic heterocycles. The summed E-state index contributed by atoms with van der Waals surface area (Å²) in [7, 11) is 0. The molecule has 0 aliphatic rings. The lowest BCUT2D eigenvalue weighted by Gasteiger charge is -2.07. The Balaban J connectivity index is 1.67. The third-order valence-corrected chi connectivity index (χ3v) is 5.06. The first kappa shape index (κ1) is 19.8. The molecule has 4 aromatic rings. The molecule has 4 rings (SSSR count). The number of nitrogens with zero attached hydrogens (tertiary/aromatic N) is 4. The van der Waals surface area contributed by atoms with E-state index in [0.717, 1.165) is 5.75 Å². The molecule has 1 aromatic carbocycles. The maximum atomic E-state index is 12.3. The molecule has 0 amide bonds. The topological polar surface area (TPSA) is 115 Å². The molecule has 0 bridgehead atoms. The van der Waals surface area contributed by atoms with Crippen molar-refractivity contribution in [3.8, 4) is 17.3 Å². The van der Waals surface area contributed by atoms with Crippen molar-refractivity contribution in [2.75, 3.05) is 12.0 Å². The maximum absolute atomic E-state index is 12.3. The number of aromatic nitrogens is 3. The Hall–Kier alpha value is -3.46. The molecule has 0 saturated heterocycles. The smallest absolute Gasteiger partial charge is 0.348 e. The van der Waals surface area contributed by atoms with Gasteiger partial charge in [0.1, 0.15) is 28.6 Å². The van der Waals surface area contributed by atoms with Gasteiger partial charge in [-0.05, 0) is 42.7 Å². The largest absolute Gasteiger partial charge is 0.506 e. The second-order valence-corrected chi connectivity index (χ2v) is 7.38. The van der Waals surface area contributed by atoms with Gasteiger partial charge in [0, 0.05) is 12.4 Å². The number of hydrogen-bond acceptors (Lipinski definition) is 9. The van der Waals surface area contributed by atoms with Crippen molar-refractivity contribution in [2.45, 2.75) is 12.5 Å². The molecule has 152 valence electrons. The SMILES string of the molecule is CSCCC(N=Cc1c(O)c2ccccc2oc1=O)c1nc(-c2ccccn2)no1. The monoisotopic (exact) mass is 422 g/mol. The first-order chi connectivity index (χ1) is 14.7. The number of thioether (sulfide) groups is 1. The molecule has 3 heterocycles. The normalized spacial score (nSPS) is 12.6. The van der Waals surface area contributed by atoms with E-state index in [1.54, 1.807) is 54.4 Å². The first-order valence-electron chi connectivity index (χ1n) is 9.19. The number of pyridine rings is 1. The molecule has 30 heavy (non-hydrogen) atoms. The number of fused-ring (bicyclic) bond motifs is 1. The molecule has 0 spiro atoms. The fourth-order valence-electron chi connectivity index (χ4n) is 2.89. The van der Waals surface area contributed by atoms with Crippen molar-refractivity contribution in [2.24, 2.45) is 4.99 Å². The van der Waals surface area contributed by atoms with Crippen molar-refractivity contribution in [1.82, 2.24) is 15.1 Å². The average Bonchev–Trinajstić information content (AvgIpc) is 3.26. The van der Waals surface area contributed by atoms with E-state index in [0.29, 0.717) is 34.8 Å². The summed E-state index contributed by atoms with van der Waals surface area (Å²) in [6.45, 7) is 0. The predicted molar refractivity (Wildman–Crippen MR) is 115 cm³/mol. The zero-order chi connectivity index (χ0) is 20.9. The van der Waals surface area contributed by atoms with Gasteiger partial charge in [0.2, 0.25) is 5.82 Å². The standard InChI is InChI=1S/C21H18N4O4S/c1-30-11-9-16(20-24-19(25-29-20)15-7-4-5-10-22-15)23-12-14-18(26)13-6-2-3-8-17(13)28-21(14)27/h2-8,10,12,16,26H,9,11H2,1H3. The molecular weight excluding hydrogens is 404 g/mol. The second kappa shape index (κ2) is 8.91. The van der Waals surface area contributed by atoms with Gasteiger partial charge in [-0.1, -0.05) is 23.4 Å². The van der Waals surface area contributed by atoms with Crippen LogP contribution in [0, 0.1) is 0 Å². The fraction of sp³-hybridized carbons (Fsp3) is 0.190. The molecule has 1 unspecified atom stereocenters.